The van der Waals surface area contributed by atoms with Crippen LogP contribution in [0.4, 0.5) is 13.2 Å². The summed E-state index contributed by atoms with van der Waals surface area (Å²) in [4.78, 5) is 16.0. The Labute approximate surface area is 152 Å². The Morgan fingerprint density at radius 3 is 2.58 bits per heavy atom. The summed E-state index contributed by atoms with van der Waals surface area (Å²) < 4.78 is 39.7. The summed E-state index contributed by atoms with van der Waals surface area (Å²) in [5, 5.41) is 3.37. The van der Waals surface area contributed by atoms with Crippen LogP contribution in [-0.4, -0.2) is 21.8 Å². The number of hydrogen-bond donors (Lipinski definition) is 1. The lowest BCUT2D eigenvalue weighted by molar-refractivity contribution is -0.140. The standard InChI is InChI=1S/C18H15ClF3N3O/c1-11(12-5-7-13(19)8-6-12)9-23-17(26)14-3-2-4-16-24-15(10-25(14)16)18(20,21)22/h2-8,10-11H,9H2,1H3,(H,23,26). The second-order valence-electron chi connectivity index (χ2n) is 5.93. The number of alkyl halides is 3. The van der Waals surface area contributed by atoms with E-state index in [1.807, 2.05) is 19.1 Å². The van der Waals surface area contributed by atoms with Gasteiger partial charge >= 0.3 is 6.18 Å². The summed E-state index contributed by atoms with van der Waals surface area (Å²) in [6.45, 7) is 2.26. The number of rotatable bonds is 4. The molecular formula is C18H15ClF3N3O. The first kappa shape index (κ1) is 18.3. The van der Waals surface area contributed by atoms with Crippen LogP contribution in [0.15, 0.2) is 48.7 Å². The normalized spacial score (nSPS) is 13.0. The molecule has 0 radical (unpaired) electrons. The highest BCUT2D eigenvalue weighted by atomic mass is 35.5. The van der Waals surface area contributed by atoms with E-state index >= 15 is 0 Å². The van der Waals surface area contributed by atoms with E-state index in [4.69, 9.17) is 11.6 Å². The van der Waals surface area contributed by atoms with Gasteiger partial charge in [-0.05, 0) is 35.7 Å². The van der Waals surface area contributed by atoms with Crippen LogP contribution in [-0.2, 0) is 6.18 Å². The molecule has 0 fully saturated rings. The number of nitrogens with one attached hydrogen (secondary N) is 1. The number of amides is 1. The number of nitrogens with zero attached hydrogens (tertiary/aromatic N) is 2. The molecule has 3 aromatic rings. The van der Waals surface area contributed by atoms with Gasteiger partial charge in [0.1, 0.15) is 11.3 Å². The Balaban J connectivity index is 1.77. The van der Waals surface area contributed by atoms with E-state index in [1.165, 1.54) is 18.2 Å². The average molecular weight is 382 g/mol. The van der Waals surface area contributed by atoms with Crippen molar-refractivity contribution in [2.75, 3.05) is 6.54 Å². The fourth-order valence-corrected chi connectivity index (χ4v) is 2.70. The van der Waals surface area contributed by atoms with E-state index in [2.05, 4.69) is 10.3 Å². The van der Waals surface area contributed by atoms with Gasteiger partial charge in [0.15, 0.2) is 5.69 Å². The van der Waals surface area contributed by atoms with E-state index in [9.17, 15) is 18.0 Å². The Morgan fingerprint density at radius 1 is 1.23 bits per heavy atom. The molecule has 0 spiro atoms. The lowest BCUT2D eigenvalue weighted by Gasteiger charge is -2.14. The van der Waals surface area contributed by atoms with Crippen LogP contribution in [0, 0.1) is 0 Å². The van der Waals surface area contributed by atoms with Crippen molar-refractivity contribution in [1.82, 2.24) is 14.7 Å². The first-order chi connectivity index (χ1) is 12.3. The molecule has 26 heavy (non-hydrogen) atoms. The molecule has 0 aliphatic carbocycles. The minimum Gasteiger partial charge on any atom is -0.350 e. The molecular weight excluding hydrogens is 367 g/mol. The summed E-state index contributed by atoms with van der Waals surface area (Å²) in [6, 6.07) is 11.6. The topological polar surface area (TPSA) is 46.4 Å². The van der Waals surface area contributed by atoms with Crippen LogP contribution in [0.3, 0.4) is 0 Å². The second-order valence-corrected chi connectivity index (χ2v) is 6.36. The minimum atomic E-state index is -4.57. The first-order valence-electron chi connectivity index (χ1n) is 7.84. The summed E-state index contributed by atoms with van der Waals surface area (Å²) in [6.07, 6.45) is -3.74. The summed E-state index contributed by atoms with van der Waals surface area (Å²) in [5.41, 5.74) is 0.117. The molecule has 8 heteroatoms. The monoisotopic (exact) mass is 381 g/mol. The van der Waals surface area contributed by atoms with Gasteiger partial charge in [-0.3, -0.25) is 9.20 Å². The Kier molecular flexibility index (Phi) is 4.91. The van der Waals surface area contributed by atoms with Crippen LogP contribution in [0.1, 0.15) is 34.6 Å². The molecule has 136 valence electrons. The zero-order valence-corrected chi connectivity index (χ0v) is 14.5. The van der Waals surface area contributed by atoms with Gasteiger partial charge in [0, 0.05) is 17.8 Å². The molecule has 0 bridgehead atoms. The Hall–Kier alpha value is -2.54. The lowest BCUT2D eigenvalue weighted by Crippen LogP contribution is -2.29. The molecule has 3 rings (SSSR count). The summed E-state index contributed by atoms with van der Waals surface area (Å²) in [5.74, 6) is -0.452. The molecule has 1 unspecified atom stereocenters. The molecule has 1 amide bonds. The highest BCUT2D eigenvalue weighted by Crippen LogP contribution is 2.28. The van der Waals surface area contributed by atoms with Crippen LogP contribution in [0.25, 0.3) is 5.65 Å². The van der Waals surface area contributed by atoms with Gasteiger partial charge in [-0.1, -0.05) is 36.7 Å². The molecule has 1 N–H and O–H groups in total. The van der Waals surface area contributed by atoms with Crippen molar-refractivity contribution in [3.05, 3.63) is 70.6 Å². The molecule has 2 aromatic heterocycles. The third-order valence-corrected chi connectivity index (χ3v) is 4.28. The molecule has 2 heterocycles. The van der Waals surface area contributed by atoms with Gasteiger partial charge in [-0.2, -0.15) is 13.2 Å². The lowest BCUT2D eigenvalue weighted by atomic mass is 10.0. The maximum absolute atomic E-state index is 12.8. The van der Waals surface area contributed by atoms with Gasteiger partial charge in [0.05, 0.1) is 0 Å². The predicted octanol–water partition coefficient (Wildman–Crippen LogP) is 4.54. The number of carbonyl (C=O) groups is 1. The van der Waals surface area contributed by atoms with Crippen molar-refractivity contribution in [3.63, 3.8) is 0 Å². The fraction of sp³-hybridized carbons (Fsp3) is 0.222. The van der Waals surface area contributed by atoms with Crippen molar-refractivity contribution < 1.29 is 18.0 Å². The van der Waals surface area contributed by atoms with E-state index < -0.39 is 17.8 Å². The number of hydrogen-bond acceptors (Lipinski definition) is 2. The SMILES string of the molecule is CC(CNC(=O)c1cccc2nc(C(F)(F)F)cn12)c1ccc(Cl)cc1. The Morgan fingerprint density at radius 2 is 1.92 bits per heavy atom. The largest absolute Gasteiger partial charge is 0.434 e. The number of benzene rings is 1. The fourth-order valence-electron chi connectivity index (χ4n) is 2.58. The third kappa shape index (κ3) is 3.83. The number of carbonyl (C=O) groups excluding carboxylic acids is 1. The van der Waals surface area contributed by atoms with Crippen LogP contribution in [0.5, 0.6) is 0 Å². The zero-order chi connectivity index (χ0) is 18.9. The van der Waals surface area contributed by atoms with E-state index in [1.54, 1.807) is 12.1 Å². The van der Waals surface area contributed by atoms with Crippen LogP contribution in [0.2, 0.25) is 5.02 Å². The first-order valence-corrected chi connectivity index (χ1v) is 8.22. The molecule has 4 nitrogen and oxygen atoms in total. The van der Waals surface area contributed by atoms with E-state index in [0.717, 1.165) is 16.2 Å². The molecule has 1 atom stereocenters. The van der Waals surface area contributed by atoms with Gasteiger partial charge in [-0.15, -0.1) is 0 Å². The number of pyridine rings is 1. The quantitative estimate of drug-likeness (QED) is 0.721. The Bertz CT molecular complexity index is 935. The average Bonchev–Trinajstić information content (AvgIpc) is 3.04. The highest BCUT2D eigenvalue weighted by molar-refractivity contribution is 6.30. The minimum absolute atomic E-state index is 0.0175. The van der Waals surface area contributed by atoms with Crippen LogP contribution < -0.4 is 5.32 Å². The smallest absolute Gasteiger partial charge is 0.350 e. The third-order valence-electron chi connectivity index (χ3n) is 4.02. The van der Waals surface area contributed by atoms with Gasteiger partial charge in [-0.25, -0.2) is 4.98 Å². The maximum atomic E-state index is 12.8. The van der Waals surface area contributed by atoms with Crippen molar-refractivity contribution in [3.8, 4) is 0 Å². The second kappa shape index (κ2) is 6.99. The summed E-state index contributed by atoms with van der Waals surface area (Å²) in [7, 11) is 0. The predicted molar refractivity (Wildman–Crippen MR) is 92.4 cm³/mol. The van der Waals surface area contributed by atoms with E-state index in [-0.39, 0.29) is 17.3 Å². The number of halogens is 4. The van der Waals surface area contributed by atoms with Gasteiger partial charge < -0.3 is 5.32 Å². The van der Waals surface area contributed by atoms with Gasteiger partial charge in [0.2, 0.25) is 0 Å². The van der Waals surface area contributed by atoms with Crippen LogP contribution >= 0.6 is 11.6 Å². The maximum Gasteiger partial charge on any atom is 0.434 e. The number of imidazole rings is 1. The number of aromatic nitrogens is 2. The number of fused-ring (bicyclic) bond motifs is 1. The molecule has 0 saturated carbocycles. The molecule has 0 aliphatic heterocycles. The highest BCUT2D eigenvalue weighted by Gasteiger charge is 2.34. The van der Waals surface area contributed by atoms with Crippen molar-refractivity contribution in [1.29, 1.82) is 0 Å². The summed E-state index contributed by atoms with van der Waals surface area (Å²) >= 11 is 5.85. The van der Waals surface area contributed by atoms with Crippen molar-refractivity contribution in [2.24, 2.45) is 0 Å². The van der Waals surface area contributed by atoms with Gasteiger partial charge in [0.25, 0.3) is 5.91 Å². The zero-order valence-electron chi connectivity index (χ0n) is 13.7. The molecule has 0 saturated heterocycles. The van der Waals surface area contributed by atoms with E-state index in [0.29, 0.717) is 11.6 Å². The van der Waals surface area contributed by atoms with Crippen molar-refractivity contribution in [2.45, 2.75) is 19.0 Å². The van der Waals surface area contributed by atoms with Crippen molar-refractivity contribution >= 4 is 23.2 Å². The molecule has 1 aromatic carbocycles. The molecule has 0 aliphatic rings.